The first-order chi connectivity index (χ1) is 14.6. The minimum atomic E-state index is -0.384. The fraction of sp³-hybridized carbons (Fsp3) is 0.364. The van der Waals surface area contributed by atoms with Crippen LogP contribution in [0.1, 0.15) is 10.4 Å². The van der Waals surface area contributed by atoms with Crippen LogP contribution in [0.2, 0.25) is 0 Å². The molecule has 8 nitrogen and oxygen atoms in total. The standard InChI is InChI=1S/C22H27N3O5/c1-28-18-13-16(14-19(29-2)21(18)30-3)22(27)23-15-20(26)25-11-9-24(10-12-25)17-7-5-4-6-8-17/h4-8,13-14H,9-12,15H2,1-3H3,(H,23,27). The SMILES string of the molecule is COc1cc(C(=O)NCC(=O)N2CCN(c3ccccc3)CC2)cc(OC)c1OC. The van der Waals surface area contributed by atoms with Crippen molar-refractivity contribution >= 4 is 17.5 Å². The Kier molecular flexibility index (Phi) is 7.00. The summed E-state index contributed by atoms with van der Waals surface area (Å²) in [4.78, 5) is 29.1. The number of amides is 2. The lowest BCUT2D eigenvalue weighted by molar-refractivity contribution is -0.130. The van der Waals surface area contributed by atoms with E-state index in [2.05, 4.69) is 22.3 Å². The number of nitrogens with zero attached hydrogens (tertiary/aromatic N) is 2. The molecule has 1 fully saturated rings. The number of carbonyl (C=O) groups excluding carboxylic acids is 2. The van der Waals surface area contributed by atoms with Crippen molar-refractivity contribution in [2.24, 2.45) is 0 Å². The number of benzene rings is 2. The molecule has 30 heavy (non-hydrogen) atoms. The molecule has 1 N–H and O–H groups in total. The monoisotopic (exact) mass is 413 g/mol. The summed E-state index contributed by atoms with van der Waals surface area (Å²) in [5.41, 5.74) is 1.48. The summed E-state index contributed by atoms with van der Waals surface area (Å²) in [6.07, 6.45) is 0. The number of methoxy groups -OCH3 is 3. The van der Waals surface area contributed by atoms with Crippen molar-refractivity contribution in [1.82, 2.24) is 10.2 Å². The van der Waals surface area contributed by atoms with Gasteiger partial charge in [0.05, 0.1) is 27.9 Å². The molecule has 160 valence electrons. The smallest absolute Gasteiger partial charge is 0.251 e. The number of ether oxygens (including phenoxy) is 3. The van der Waals surface area contributed by atoms with Crippen molar-refractivity contribution in [3.8, 4) is 17.2 Å². The number of anilines is 1. The fourth-order valence-electron chi connectivity index (χ4n) is 3.43. The highest BCUT2D eigenvalue weighted by Gasteiger charge is 2.22. The molecule has 0 bridgehead atoms. The zero-order valence-electron chi connectivity index (χ0n) is 17.5. The maximum Gasteiger partial charge on any atom is 0.251 e. The van der Waals surface area contributed by atoms with E-state index in [1.165, 1.54) is 21.3 Å². The van der Waals surface area contributed by atoms with Gasteiger partial charge in [0.15, 0.2) is 11.5 Å². The van der Waals surface area contributed by atoms with Gasteiger partial charge in [0.1, 0.15) is 0 Å². The summed E-state index contributed by atoms with van der Waals surface area (Å²) in [6, 6.07) is 13.2. The van der Waals surface area contributed by atoms with Gasteiger partial charge in [-0.2, -0.15) is 0 Å². The first-order valence-electron chi connectivity index (χ1n) is 9.73. The van der Waals surface area contributed by atoms with Gasteiger partial charge in [-0.05, 0) is 24.3 Å². The maximum atomic E-state index is 12.6. The molecule has 0 aromatic heterocycles. The van der Waals surface area contributed by atoms with Gasteiger partial charge in [-0.15, -0.1) is 0 Å². The summed E-state index contributed by atoms with van der Waals surface area (Å²) in [7, 11) is 4.46. The lowest BCUT2D eigenvalue weighted by Crippen LogP contribution is -2.51. The molecule has 0 aliphatic carbocycles. The highest BCUT2D eigenvalue weighted by Crippen LogP contribution is 2.38. The normalized spacial score (nSPS) is 13.6. The molecule has 0 radical (unpaired) electrons. The lowest BCUT2D eigenvalue weighted by Gasteiger charge is -2.36. The molecule has 1 saturated heterocycles. The first kappa shape index (κ1) is 21.3. The van der Waals surface area contributed by atoms with E-state index in [1.54, 1.807) is 17.0 Å². The van der Waals surface area contributed by atoms with Crippen molar-refractivity contribution in [1.29, 1.82) is 0 Å². The zero-order valence-corrected chi connectivity index (χ0v) is 17.5. The van der Waals surface area contributed by atoms with Crippen molar-refractivity contribution in [3.05, 3.63) is 48.0 Å². The Morgan fingerprint density at radius 1 is 0.900 bits per heavy atom. The first-order valence-corrected chi connectivity index (χ1v) is 9.73. The van der Waals surface area contributed by atoms with Crippen LogP contribution >= 0.6 is 0 Å². The predicted octanol–water partition coefficient (Wildman–Crippen LogP) is 1.79. The topological polar surface area (TPSA) is 80.3 Å². The van der Waals surface area contributed by atoms with E-state index in [-0.39, 0.29) is 18.4 Å². The number of carbonyl (C=O) groups is 2. The molecule has 0 spiro atoms. The van der Waals surface area contributed by atoms with E-state index in [0.29, 0.717) is 35.9 Å². The van der Waals surface area contributed by atoms with Crippen LogP contribution in [0.5, 0.6) is 17.2 Å². The molecule has 0 atom stereocenters. The van der Waals surface area contributed by atoms with Crippen LogP contribution in [0, 0.1) is 0 Å². The van der Waals surface area contributed by atoms with Gasteiger partial charge in [-0.3, -0.25) is 9.59 Å². The molecule has 1 aliphatic heterocycles. The largest absolute Gasteiger partial charge is 0.493 e. The molecule has 0 saturated carbocycles. The second-order valence-corrected chi connectivity index (χ2v) is 6.80. The van der Waals surface area contributed by atoms with E-state index in [4.69, 9.17) is 14.2 Å². The highest BCUT2D eigenvalue weighted by atomic mass is 16.5. The molecule has 2 aromatic carbocycles. The Bertz CT molecular complexity index is 855. The van der Waals surface area contributed by atoms with Crippen LogP contribution < -0.4 is 24.4 Å². The van der Waals surface area contributed by atoms with Crippen LogP contribution in [0.25, 0.3) is 0 Å². The van der Waals surface area contributed by atoms with Gasteiger partial charge in [-0.25, -0.2) is 0 Å². The summed E-state index contributed by atoms with van der Waals surface area (Å²) in [6.45, 7) is 2.69. The molecule has 2 aromatic rings. The number of hydrogen-bond acceptors (Lipinski definition) is 6. The lowest BCUT2D eigenvalue weighted by atomic mass is 10.1. The molecular weight excluding hydrogens is 386 g/mol. The molecule has 2 amide bonds. The number of piperazine rings is 1. The number of rotatable bonds is 7. The Balaban J connectivity index is 1.56. The predicted molar refractivity (Wildman–Crippen MR) is 114 cm³/mol. The molecule has 3 rings (SSSR count). The minimum Gasteiger partial charge on any atom is -0.493 e. The van der Waals surface area contributed by atoms with Crippen molar-refractivity contribution in [3.63, 3.8) is 0 Å². The van der Waals surface area contributed by atoms with Crippen molar-refractivity contribution < 1.29 is 23.8 Å². The summed E-state index contributed by atoms with van der Waals surface area (Å²) in [5, 5.41) is 2.68. The van der Waals surface area contributed by atoms with Crippen LogP contribution in [-0.2, 0) is 4.79 Å². The summed E-state index contributed by atoms with van der Waals surface area (Å²) in [5.74, 6) is 0.675. The van der Waals surface area contributed by atoms with E-state index in [0.717, 1.165) is 18.8 Å². The third-order valence-corrected chi connectivity index (χ3v) is 5.08. The molecule has 1 aliphatic rings. The number of nitrogens with one attached hydrogen (secondary N) is 1. The van der Waals surface area contributed by atoms with E-state index in [1.807, 2.05) is 18.2 Å². The van der Waals surface area contributed by atoms with Gasteiger partial charge in [0.25, 0.3) is 5.91 Å². The van der Waals surface area contributed by atoms with Crippen molar-refractivity contribution in [2.75, 3.05) is 59.0 Å². The summed E-state index contributed by atoms with van der Waals surface area (Å²) < 4.78 is 15.8. The third kappa shape index (κ3) is 4.76. The van der Waals surface area contributed by atoms with Gasteiger partial charge in [-0.1, -0.05) is 18.2 Å². The Labute approximate surface area is 176 Å². The highest BCUT2D eigenvalue weighted by molar-refractivity contribution is 5.97. The van der Waals surface area contributed by atoms with E-state index in [9.17, 15) is 9.59 Å². The Morgan fingerprint density at radius 3 is 2.03 bits per heavy atom. The Morgan fingerprint density at radius 2 is 1.50 bits per heavy atom. The van der Waals surface area contributed by atoms with Gasteiger partial charge >= 0.3 is 0 Å². The molecule has 1 heterocycles. The third-order valence-electron chi connectivity index (χ3n) is 5.08. The van der Waals surface area contributed by atoms with Crippen molar-refractivity contribution in [2.45, 2.75) is 0 Å². The minimum absolute atomic E-state index is 0.0686. The average Bonchev–Trinajstić information content (AvgIpc) is 2.81. The molecule has 0 unspecified atom stereocenters. The average molecular weight is 413 g/mol. The molecular formula is C22H27N3O5. The second kappa shape index (κ2) is 9.87. The van der Waals surface area contributed by atoms with Crippen LogP contribution in [0.15, 0.2) is 42.5 Å². The Hall–Kier alpha value is -3.42. The van der Waals surface area contributed by atoms with Gasteiger partial charge in [0.2, 0.25) is 11.7 Å². The van der Waals surface area contributed by atoms with Crippen LogP contribution in [0.3, 0.4) is 0 Å². The summed E-state index contributed by atoms with van der Waals surface area (Å²) >= 11 is 0. The number of hydrogen-bond donors (Lipinski definition) is 1. The van der Waals surface area contributed by atoms with E-state index < -0.39 is 0 Å². The fourth-order valence-corrected chi connectivity index (χ4v) is 3.43. The quantitative estimate of drug-likeness (QED) is 0.746. The van der Waals surface area contributed by atoms with Crippen LogP contribution in [0.4, 0.5) is 5.69 Å². The van der Waals surface area contributed by atoms with Crippen LogP contribution in [-0.4, -0.2) is 70.8 Å². The van der Waals surface area contributed by atoms with E-state index >= 15 is 0 Å². The number of para-hydroxylation sites is 1. The maximum absolute atomic E-state index is 12.6. The van der Waals surface area contributed by atoms with Gasteiger partial charge < -0.3 is 29.3 Å². The van der Waals surface area contributed by atoms with Gasteiger partial charge in [0, 0.05) is 37.4 Å². The second-order valence-electron chi connectivity index (χ2n) is 6.80. The molecule has 8 heteroatoms. The zero-order chi connectivity index (χ0) is 21.5.